The summed E-state index contributed by atoms with van der Waals surface area (Å²) in [7, 11) is 0. The minimum Gasteiger partial charge on any atom is -0.493 e. The minimum absolute atomic E-state index is 0.444. The SMILES string of the molecule is Cc1n[nH]nc1-c1ccnc(-c2cn(C[C@@H]3CCOc4cccc(C5CC5)c43)cn2)c1. The van der Waals surface area contributed by atoms with Gasteiger partial charge in [0.2, 0.25) is 0 Å². The van der Waals surface area contributed by atoms with Gasteiger partial charge in [-0.2, -0.15) is 15.4 Å². The number of fused-ring (bicyclic) bond motifs is 1. The Bertz CT molecular complexity index is 1240. The molecule has 3 aromatic heterocycles. The first-order valence-corrected chi connectivity index (χ1v) is 10.9. The normalized spacial score (nSPS) is 17.9. The highest BCUT2D eigenvalue weighted by molar-refractivity contribution is 5.67. The van der Waals surface area contributed by atoms with E-state index in [1.807, 2.05) is 25.4 Å². The topological polar surface area (TPSA) is 81.5 Å². The molecule has 1 fully saturated rings. The van der Waals surface area contributed by atoms with Gasteiger partial charge in [0.15, 0.2) is 0 Å². The molecule has 7 nitrogen and oxygen atoms in total. The monoisotopic (exact) mass is 412 g/mol. The fraction of sp³-hybridized carbons (Fsp3) is 0.333. The van der Waals surface area contributed by atoms with Crippen molar-refractivity contribution in [3.05, 3.63) is 65.9 Å². The maximum atomic E-state index is 5.99. The summed E-state index contributed by atoms with van der Waals surface area (Å²) in [6, 6.07) is 10.5. The van der Waals surface area contributed by atoms with E-state index in [9.17, 15) is 0 Å². The summed E-state index contributed by atoms with van der Waals surface area (Å²) in [5, 5.41) is 11.1. The Balaban J connectivity index is 1.28. The molecular weight excluding hydrogens is 388 g/mol. The number of imidazole rings is 1. The third kappa shape index (κ3) is 3.40. The van der Waals surface area contributed by atoms with Crippen molar-refractivity contribution in [2.45, 2.75) is 44.6 Å². The second kappa shape index (κ2) is 7.34. The molecule has 6 rings (SSSR count). The van der Waals surface area contributed by atoms with Crippen LogP contribution in [0.3, 0.4) is 0 Å². The predicted molar refractivity (Wildman–Crippen MR) is 117 cm³/mol. The first-order chi connectivity index (χ1) is 15.3. The molecule has 1 aromatic carbocycles. The van der Waals surface area contributed by atoms with Crippen molar-refractivity contribution < 1.29 is 4.74 Å². The highest BCUT2D eigenvalue weighted by Gasteiger charge is 2.32. The zero-order valence-corrected chi connectivity index (χ0v) is 17.5. The Morgan fingerprint density at radius 1 is 1.10 bits per heavy atom. The van der Waals surface area contributed by atoms with Crippen molar-refractivity contribution in [3.63, 3.8) is 0 Å². The number of hydrogen-bond donors (Lipinski definition) is 1. The average Bonchev–Trinajstić information content (AvgIpc) is 3.39. The third-order valence-corrected chi connectivity index (χ3v) is 6.33. The molecule has 0 unspecified atom stereocenters. The van der Waals surface area contributed by atoms with E-state index in [2.05, 4.69) is 54.3 Å². The third-order valence-electron chi connectivity index (χ3n) is 6.33. The van der Waals surface area contributed by atoms with Gasteiger partial charge >= 0.3 is 0 Å². The lowest BCUT2D eigenvalue weighted by Gasteiger charge is -2.28. The molecule has 0 saturated heterocycles. The maximum absolute atomic E-state index is 5.99. The number of pyridine rings is 1. The van der Waals surface area contributed by atoms with Gasteiger partial charge in [-0.25, -0.2) is 4.98 Å². The molecule has 1 saturated carbocycles. The smallest absolute Gasteiger partial charge is 0.123 e. The number of benzene rings is 1. The number of rotatable bonds is 5. The molecule has 0 spiro atoms. The van der Waals surface area contributed by atoms with E-state index >= 15 is 0 Å². The van der Waals surface area contributed by atoms with E-state index in [-0.39, 0.29) is 0 Å². The average molecular weight is 412 g/mol. The van der Waals surface area contributed by atoms with Crippen molar-refractivity contribution in [1.82, 2.24) is 29.9 Å². The number of nitrogens with zero attached hydrogens (tertiary/aromatic N) is 5. The standard InChI is InChI=1S/C24H24N6O/c1-15-24(28-29-27-15)17-7-9-25-20(11-17)21-13-30(14-26-21)12-18-8-10-31-22-4-2-3-19(23(18)22)16-5-6-16/h2-4,7,9,11,13-14,16,18H,5-6,8,10,12H2,1H3,(H,27,28,29)/t18-/m0/s1. The molecule has 7 heteroatoms. The van der Waals surface area contributed by atoms with Crippen molar-refractivity contribution in [2.24, 2.45) is 0 Å². The number of aromatic amines is 1. The van der Waals surface area contributed by atoms with Gasteiger partial charge in [0.25, 0.3) is 0 Å². The van der Waals surface area contributed by atoms with E-state index < -0.39 is 0 Å². The summed E-state index contributed by atoms with van der Waals surface area (Å²) in [5.74, 6) is 2.22. The van der Waals surface area contributed by atoms with Gasteiger partial charge in [-0.05, 0) is 55.9 Å². The van der Waals surface area contributed by atoms with E-state index in [0.717, 1.165) is 53.7 Å². The Kier molecular flexibility index (Phi) is 4.33. The minimum atomic E-state index is 0.444. The van der Waals surface area contributed by atoms with Crippen molar-refractivity contribution in [1.29, 1.82) is 0 Å². The highest BCUT2D eigenvalue weighted by atomic mass is 16.5. The maximum Gasteiger partial charge on any atom is 0.123 e. The number of aromatic nitrogens is 6. The van der Waals surface area contributed by atoms with Crippen LogP contribution in [-0.4, -0.2) is 36.6 Å². The van der Waals surface area contributed by atoms with Gasteiger partial charge in [-0.3, -0.25) is 4.98 Å². The van der Waals surface area contributed by atoms with Gasteiger partial charge in [0.05, 0.1) is 24.3 Å². The van der Waals surface area contributed by atoms with Crippen LogP contribution in [-0.2, 0) is 6.54 Å². The van der Waals surface area contributed by atoms with Crippen LogP contribution in [0.15, 0.2) is 49.1 Å². The number of ether oxygens (including phenoxy) is 1. The fourth-order valence-corrected chi connectivity index (χ4v) is 4.63. The summed E-state index contributed by atoms with van der Waals surface area (Å²) < 4.78 is 8.18. The number of nitrogens with one attached hydrogen (secondary N) is 1. The quantitative estimate of drug-likeness (QED) is 0.523. The van der Waals surface area contributed by atoms with Gasteiger partial charge in [0.1, 0.15) is 17.1 Å². The Morgan fingerprint density at radius 2 is 2.03 bits per heavy atom. The van der Waals surface area contributed by atoms with Crippen LogP contribution >= 0.6 is 0 Å². The lowest BCUT2D eigenvalue weighted by molar-refractivity contribution is 0.257. The highest BCUT2D eigenvalue weighted by Crippen LogP contribution is 2.48. The van der Waals surface area contributed by atoms with E-state index in [4.69, 9.17) is 4.74 Å². The molecule has 0 amide bonds. The summed E-state index contributed by atoms with van der Waals surface area (Å²) in [6.07, 6.45) is 9.44. The van der Waals surface area contributed by atoms with E-state index in [0.29, 0.717) is 11.8 Å². The zero-order valence-electron chi connectivity index (χ0n) is 17.5. The van der Waals surface area contributed by atoms with Crippen LogP contribution in [0, 0.1) is 6.92 Å². The molecule has 4 heterocycles. The molecule has 1 N–H and O–H groups in total. The molecule has 1 atom stereocenters. The van der Waals surface area contributed by atoms with Crippen LogP contribution < -0.4 is 4.74 Å². The largest absolute Gasteiger partial charge is 0.493 e. The van der Waals surface area contributed by atoms with Crippen LogP contribution in [0.1, 0.15) is 47.9 Å². The van der Waals surface area contributed by atoms with Crippen molar-refractivity contribution in [3.8, 4) is 28.4 Å². The number of aryl methyl sites for hydroxylation is 1. The predicted octanol–water partition coefficient (Wildman–Crippen LogP) is 4.48. The molecule has 1 aliphatic heterocycles. The van der Waals surface area contributed by atoms with Crippen LogP contribution in [0.4, 0.5) is 0 Å². The molecular formula is C24H24N6O. The molecule has 31 heavy (non-hydrogen) atoms. The van der Waals surface area contributed by atoms with Crippen molar-refractivity contribution >= 4 is 0 Å². The summed E-state index contributed by atoms with van der Waals surface area (Å²) in [6.45, 7) is 3.61. The summed E-state index contributed by atoms with van der Waals surface area (Å²) in [4.78, 5) is 9.18. The lowest BCUT2D eigenvalue weighted by Crippen LogP contribution is -2.19. The van der Waals surface area contributed by atoms with Gasteiger partial charge in [-0.1, -0.05) is 12.1 Å². The summed E-state index contributed by atoms with van der Waals surface area (Å²) in [5.41, 5.74) is 7.29. The molecule has 0 bridgehead atoms. The second-order valence-electron chi connectivity index (χ2n) is 8.51. The van der Waals surface area contributed by atoms with Crippen LogP contribution in [0.25, 0.3) is 22.6 Å². The molecule has 4 aromatic rings. The van der Waals surface area contributed by atoms with Gasteiger partial charge in [-0.15, -0.1) is 0 Å². The van der Waals surface area contributed by atoms with Crippen LogP contribution in [0.5, 0.6) is 5.75 Å². The Labute approximate surface area is 180 Å². The lowest BCUT2D eigenvalue weighted by atomic mass is 9.87. The molecule has 156 valence electrons. The molecule has 1 aliphatic carbocycles. The first-order valence-electron chi connectivity index (χ1n) is 10.9. The Morgan fingerprint density at radius 3 is 2.87 bits per heavy atom. The van der Waals surface area contributed by atoms with Gasteiger partial charge < -0.3 is 9.30 Å². The van der Waals surface area contributed by atoms with Gasteiger partial charge in [0, 0.05) is 36.0 Å². The molecule has 2 aliphatic rings. The number of H-pyrrole nitrogens is 1. The number of hydrogen-bond acceptors (Lipinski definition) is 5. The first kappa shape index (κ1) is 18.3. The fourth-order valence-electron chi connectivity index (χ4n) is 4.63. The van der Waals surface area contributed by atoms with Crippen molar-refractivity contribution in [2.75, 3.05) is 6.61 Å². The summed E-state index contributed by atoms with van der Waals surface area (Å²) >= 11 is 0. The Hall–Kier alpha value is -3.48. The van der Waals surface area contributed by atoms with E-state index in [1.54, 1.807) is 6.20 Å². The molecule has 0 radical (unpaired) electrons. The van der Waals surface area contributed by atoms with Crippen LogP contribution in [0.2, 0.25) is 0 Å². The second-order valence-corrected chi connectivity index (χ2v) is 8.51. The zero-order chi connectivity index (χ0) is 20.8. The van der Waals surface area contributed by atoms with E-state index in [1.165, 1.54) is 24.0 Å².